The smallest absolute Gasteiger partial charge is 0.472 e. The van der Waals surface area contributed by atoms with Crippen molar-refractivity contribution in [1.82, 2.24) is 9.78 Å². The average molecular weight is 313 g/mol. The van der Waals surface area contributed by atoms with Crippen LogP contribution in [0.15, 0.2) is 35.5 Å². The highest BCUT2D eigenvalue weighted by Crippen LogP contribution is 2.33. The normalized spacial score (nSPS) is 10.9. The van der Waals surface area contributed by atoms with Crippen molar-refractivity contribution < 1.29 is 27.4 Å². The fourth-order valence-corrected chi connectivity index (χ4v) is 1.69. The predicted octanol–water partition coefficient (Wildman–Crippen LogP) is 2.87. The van der Waals surface area contributed by atoms with Crippen LogP contribution in [0.5, 0.6) is 11.6 Å². The van der Waals surface area contributed by atoms with Gasteiger partial charge in [0.1, 0.15) is 12.4 Å². The second kappa shape index (κ2) is 6.31. The van der Waals surface area contributed by atoms with Crippen LogP contribution in [0, 0.1) is 0 Å². The summed E-state index contributed by atoms with van der Waals surface area (Å²) >= 11 is 0. The lowest BCUT2D eigenvalue weighted by atomic mass is 10.1. The summed E-state index contributed by atoms with van der Waals surface area (Å²) in [6.45, 7) is -0.302. The lowest BCUT2D eigenvalue weighted by Gasteiger charge is -2.14. The minimum atomic E-state index is -4.87. The van der Waals surface area contributed by atoms with E-state index in [-0.39, 0.29) is 23.7 Å². The Bertz CT molecular complexity index is 706. The van der Waals surface area contributed by atoms with E-state index in [2.05, 4.69) is 14.8 Å². The Morgan fingerprint density at radius 3 is 2.73 bits per heavy atom. The summed E-state index contributed by atoms with van der Waals surface area (Å²) in [5.41, 5.74) is -0.0542. The molecule has 1 heterocycles. The first kappa shape index (κ1) is 15.6. The Hall–Kier alpha value is -2.80. The molecule has 1 aromatic carbocycles. The van der Waals surface area contributed by atoms with Crippen molar-refractivity contribution >= 4 is 11.8 Å². The highest BCUT2D eigenvalue weighted by Gasteiger charge is 2.32. The minimum Gasteiger partial charge on any atom is -0.472 e. The molecule has 0 spiro atoms. The van der Waals surface area contributed by atoms with Crippen molar-refractivity contribution in [2.45, 2.75) is 13.0 Å². The molecule has 1 aromatic heterocycles. The van der Waals surface area contributed by atoms with Crippen LogP contribution in [0.4, 0.5) is 18.9 Å². The Balaban J connectivity index is 2.30. The van der Waals surface area contributed by atoms with Crippen LogP contribution in [0.25, 0.3) is 0 Å². The third kappa shape index (κ3) is 4.10. The molecule has 0 fully saturated rings. The number of alkyl halides is 3. The van der Waals surface area contributed by atoms with E-state index in [1.807, 2.05) is 0 Å². The molecule has 0 aliphatic rings. The Morgan fingerprint density at radius 2 is 2.14 bits per heavy atom. The number of halogens is 3. The van der Waals surface area contributed by atoms with Crippen molar-refractivity contribution in [2.24, 2.45) is 12.0 Å². The zero-order chi connectivity index (χ0) is 16.2. The van der Waals surface area contributed by atoms with Gasteiger partial charge in [0.25, 0.3) is 0 Å². The SMILES string of the molecule is Cn1ccc(OCc2c(N=C=O)cccc2OC(F)(F)F)n1. The van der Waals surface area contributed by atoms with Crippen LogP contribution < -0.4 is 9.47 Å². The van der Waals surface area contributed by atoms with Crippen molar-refractivity contribution in [3.05, 3.63) is 36.0 Å². The summed E-state index contributed by atoms with van der Waals surface area (Å²) < 4.78 is 47.9. The molecule has 0 unspecified atom stereocenters. The van der Waals surface area contributed by atoms with Gasteiger partial charge in [0.2, 0.25) is 12.0 Å². The lowest BCUT2D eigenvalue weighted by molar-refractivity contribution is -0.275. The molecule has 0 aliphatic heterocycles. The second-order valence-corrected chi connectivity index (χ2v) is 4.12. The van der Waals surface area contributed by atoms with Gasteiger partial charge in [0.15, 0.2) is 0 Å². The second-order valence-electron chi connectivity index (χ2n) is 4.12. The van der Waals surface area contributed by atoms with E-state index in [0.717, 1.165) is 6.07 Å². The monoisotopic (exact) mass is 313 g/mol. The number of aromatic nitrogens is 2. The van der Waals surface area contributed by atoms with Crippen LogP contribution >= 0.6 is 0 Å². The summed E-state index contributed by atoms with van der Waals surface area (Å²) in [4.78, 5) is 13.7. The summed E-state index contributed by atoms with van der Waals surface area (Å²) in [6.07, 6.45) is -1.98. The molecule has 116 valence electrons. The molecule has 0 atom stereocenters. The van der Waals surface area contributed by atoms with Crippen LogP contribution in [-0.4, -0.2) is 22.2 Å². The molecule has 2 aromatic rings. The minimum absolute atomic E-state index is 0.0207. The number of nitrogens with zero attached hydrogens (tertiary/aromatic N) is 3. The number of benzene rings is 1. The largest absolute Gasteiger partial charge is 0.573 e. The van der Waals surface area contributed by atoms with Gasteiger partial charge in [-0.1, -0.05) is 6.07 Å². The van der Waals surface area contributed by atoms with Gasteiger partial charge in [-0.05, 0) is 12.1 Å². The average Bonchev–Trinajstić information content (AvgIpc) is 2.82. The predicted molar refractivity (Wildman–Crippen MR) is 68.4 cm³/mol. The summed E-state index contributed by atoms with van der Waals surface area (Å²) in [6, 6.07) is 5.27. The summed E-state index contributed by atoms with van der Waals surface area (Å²) in [5.74, 6) is -0.287. The van der Waals surface area contributed by atoms with E-state index in [9.17, 15) is 18.0 Å². The molecule has 2 rings (SSSR count). The highest BCUT2D eigenvalue weighted by atomic mass is 19.4. The number of isocyanates is 1. The van der Waals surface area contributed by atoms with Crippen molar-refractivity contribution in [2.75, 3.05) is 0 Å². The van der Waals surface area contributed by atoms with Crippen LogP contribution in [0.3, 0.4) is 0 Å². The summed E-state index contributed by atoms with van der Waals surface area (Å²) in [5, 5.41) is 3.93. The highest BCUT2D eigenvalue weighted by molar-refractivity contribution is 5.58. The number of aliphatic imine (C=N–C) groups is 1. The Labute approximate surface area is 122 Å². The van der Waals surface area contributed by atoms with Gasteiger partial charge in [-0.3, -0.25) is 4.68 Å². The van der Waals surface area contributed by atoms with Crippen molar-refractivity contribution in [3.8, 4) is 11.6 Å². The van der Waals surface area contributed by atoms with E-state index >= 15 is 0 Å². The number of hydrogen-bond donors (Lipinski definition) is 0. The van der Waals surface area contributed by atoms with E-state index < -0.39 is 12.1 Å². The third-order valence-corrected chi connectivity index (χ3v) is 2.55. The molecule has 0 bridgehead atoms. The maximum absolute atomic E-state index is 12.4. The van der Waals surface area contributed by atoms with Gasteiger partial charge >= 0.3 is 6.36 Å². The molecule has 0 saturated carbocycles. The van der Waals surface area contributed by atoms with Gasteiger partial charge in [-0.2, -0.15) is 4.99 Å². The molecule has 6 nitrogen and oxygen atoms in total. The maximum Gasteiger partial charge on any atom is 0.573 e. The molecule has 0 amide bonds. The van der Waals surface area contributed by atoms with Gasteiger partial charge in [0.05, 0.1) is 11.3 Å². The molecule has 0 radical (unpaired) electrons. The first-order valence-electron chi connectivity index (χ1n) is 5.97. The Kier molecular flexibility index (Phi) is 4.47. The molecule has 0 aliphatic carbocycles. The van der Waals surface area contributed by atoms with Crippen LogP contribution in [-0.2, 0) is 18.4 Å². The lowest BCUT2D eigenvalue weighted by Crippen LogP contribution is -2.18. The first-order chi connectivity index (χ1) is 10.4. The molecule has 9 heteroatoms. The van der Waals surface area contributed by atoms with Crippen LogP contribution in [0.1, 0.15) is 5.56 Å². The van der Waals surface area contributed by atoms with Gasteiger partial charge < -0.3 is 9.47 Å². The van der Waals surface area contributed by atoms with E-state index in [0.29, 0.717) is 0 Å². The quantitative estimate of drug-likeness (QED) is 0.629. The number of rotatable bonds is 5. The van der Waals surface area contributed by atoms with E-state index in [1.165, 1.54) is 29.0 Å². The number of ether oxygens (including phenoxy) is 2. The first-order valence-corrected chi connectivity index (χ1v) is 5.97. The zero-order valence-electron chi connectivity index (χ0n) is 11.3. The number of carbonyl (C=O) groups excluding carboxylic acids is 1. The zero-order valence-corrected chi connectivity index (χ0v) is 11.3. The summed E-state index contributed by atoms with van der Waals surface area (Å²) in [7, 11) is 1.66. The van der Waals surface area contributed by atoms with Crippen molar-refractivity contribution in [1.29, 1.82) is 0 Å². The Morgan fingerprint density at radius 1 is 1.36 bits per heavy atom. The molecule has 0 saturated heterocycles. The number of hydrogen-bond acceptors (Lipinski definition) is 5. The van der Waals surface area contributed by atoms with E-state index in [4.69, 9.17) is 4.74 Å². The topological polar surface area (TPSA) is 65.7 Å². The standard InChI is InChI=1S/C13H10F3N3O3/c1-19-6-5-12(18-19)21-7-9-10(17-8-20)3-2-4-11(9)22-13(14,15)16/h2-6H,7H2,1H3. The van der Waals surface area contributed by atoms with Crippen molar-refractivity contribution in [3.63, 3.8) is 0 Å². The molecule has 22 heavy (non-hydrogen) atoms. The fraction of sp³-hybridized carbons (Fsp3) is 0.231. The third-order valence-electron chi connectivity index (χ3n) is 2.55. The van der Waals surface area contributed by atoms with Gasteiger partial charge in [-0.15, -0.1) is 18.3 Å². The van der Waals surface area contributed by atoms with Gasteiger partial charge in [-0.25, -0.2) is 4.79 Å². The fourth-order valence-electron chi connectivity index (χ4n) is 1.69. The maximum atomic E-state index is 12.4. The molecule has 0 N–H and O–H groups in total. The van der Waals surface area contributed by atoms with Crippen LogP contribution in [0.2, 0.25) is 0 Å². The molecular weight excluding hydrogens is 303 g/mol. The number of aryl methyl sites for hydroxylation is 1. The molecular formula is C13H10F3N3O3. The van der Waals surface area contributed by atoms with Gasteiger partial charge in [0, 0.05) is 19.3 Å². The van der Waals surface area contributed by atoms with E-state index in [1.54, 1.807) is 13.2 Å².